The van der Waals surface area contributed by atoms with E-state index in [2.05, 4.69) is 34.6 Å². The molecule has 4 aromatic rings. The van der Waals surface area contributed by atoms with Crippen molar-refractivity contribution < 1.29 is 19.5 Å². The molecular formula is C37H41N5O4. The molecule has 0 atom stereocenters. The fourth-order valence-electron chi connectivity index (χ4n) is 6.05. The second-order valence-corrected chi connectivity index (χ2v) is 12.0. The second-order valence-electron chi connectivity index (χ2n) is 12.0. The van der Waals surface area contributed by atoms with E-state index in [-0.39, 0.29) is 18.2 Å². The number of anilines is 1. The molecule has 3 aromatic carbocycles. The third-order valence-electron chi connectivity index (χ3n) is 8.70. The minimum atomic E-state index is -0.742. The number of benzene rings is 3. The van der Waals surface area contributed by atoms with Crippen molar-refractivity contribution in [3.8, 4) is 6.07 Å². The van der Waals surface area contributed by atoms with Crippen molar-refractivity contribution in [3.05, 3.63) is 83.6 Å². The van der Waals surface area contributed by atoms with Crippen LogP contribution < -0.4 is 5.32 Å². The maximum atomic E-state index is 13.3. The lowest BCUT2D eigenvalue weighted by atomic mass is 10.0. The van der Waals surface area contributed by atoms with E-state index in [4.69, 9.17) is 5.11 Å². The number of piperazine rings is 1. The van der Waals surface area contributed by atoms with Crippen LogP contribution in [0.2, 0.25) is 0 Å². The van der Waals surface area contributed by atoms with Gasteiger partial charge in [-0.3, -0.25) is 19.4 Å². The SMILES string of the molecule is N#Cc1ccc2nccc(NCCc3ccc4cc(C(=O)N5CCN(C(=O)CCCCCCCCC(=O)O)CC5)ccc4c3)c2c1. The molecule has 2 N–H and O–H groups in total. The van der Waals surface area contributed by atoms with Gasteiger partial charge in [-0.05, 0) is 72.0 Å². The van der Waals surface area contributed by atoms with Gasteiger partial charge < -0.3 is 20.2 Å². The number of amides is 2. The molecular weight excluding hydrogens is 578 g/mol. The molecule has 9 nitrogen and oxygen atoms in total. The highest BCUT2D eigenvalue weighted by molar-refractivity contribution is 5.99. The van der Waals surface area contributed by atoms with E-state index in [0.29, 0.717) is 43.7 Å². The Bertz CT molecular complexity index is 1740. The summed E-state index contributed by atoms with van der Waals surface area (Å²) < 4.78 is 0. The van der Waals surface area contributed by atoms with E-state index in [1.54, 1.807) is 12.3 Å². The van der Waals surface area contributed by atoms with Gasteiger partial charge in [-0.25, -0.2) is 0 Å². The standard InChI is InChI=1S/C37H41N5O4/c38-26-28-10-14-33-32(24-28)34(16-18-40-33)39-17-15-27-9-11-30-25-31(13-12-29(30)23-27)37(46)42-21-19-41(20-22-42)35(43)7-5-3-1-2-4-6-8-36(44)45/h9-14,16,18,23-25H,1-8,15,17,19-22H2,(H,39,40)(H,44,45). The molecule has 238 valence electrons. The Kier molecular flexibility index (Phi) is 11.2. The lowest BCUT2D eigenvalue weighted by Crippen LogP contribution is -2.50. The zero-order valence-corrected chi connectivity index (χ0v) is 26.2. The molecule has 1 aliphatic heterocycles. The fraction of sp³-hybridized carbons (Fsp3) is 0.378. The van der Waals surface area contributed by atoms with E-state index < -0.39 is 5.97 Å². The van der Waals surface area contributed by atoms with Crippen LogP contribution in [0.15, 0.2) is 66.9 Å². The molecule has 2 amide bonds. The van der Waals surface area contributed by atoms with E-state index in [1.165, 1.54) is 5.56 Å². The number of nitrogens with one attached hydrogen (secondary N) is 1. The molecule has 0 saturated carbocycles. The van der Waals surface area contributed by atoms with Gasteiger partial charge in [-0.15, -0.1) is 0 Å². The van der Waals surface area contributed by atoms with E-state index in [0.717, 1.165) is 78.9 Å². The smallest absolute Gasteiger partial charge is 0.303 e. The van der Waals surface area contributed by atoms with Gasteiger partial charge in [-0.1, -0.05) is 49.9 Å². The second kappa shape index (κ2) is 15.8. The molecule has 1 saturated heterocycles. The van der Waals surface area contributed by atoms with Crippen molar-refractivity contribution in [2.75, 3.05) is 38.0 Å². The number of nitrogens with zero attached hydrogens (tertiary/aromatic N) is 4. The van der Waals surface area contributed by atoms with E-state index >= 15 is 0 Å². The van der Waals surface area contributed by atoms with Gasteiger partial charge in [0.05, 0.1) is 17.1 Å². The number of hydrogen-bond acceptors (Lipinski definition) is 6. The molecule has 0 radical (unpaired) electrons. The lowest BCUT2D eigenvalue weighted by Gasteiger charge is -2.35. The number of unbranched alkanes of at least 4 members (excludes halogenated alkanes) is 5. The molecule has 0 bridgehead atoms. The molecule has 0 aliphatic carbocycles. The first-order valence-electron chi connectivity index (χ1n) is 16.3. The molecule has 5 rings (SSSR count). The Hall–Kier alpha value is -4.97. The summed E-state index contributed by atoms with van der Waals surface area (Å²) >= 11 is 0. The summed E-state index contributed by atoms with van der Waals surface area (Å²) in [6.45, 7) is 2.90. The number of carboxylic acid groups (broad SMARTS) is 1. The molecule has 9 heteroatoms. The van der Waals surface area contributed by atoms with Crippen molar-refractivity contribution in [3.63, 3.8) is 0 Å². The van der Waals surface area contributed by atoms with Crippen LogP contribution in [0.5, 0.6) is 0 Å². The van der Waals surface area contributed by atoms with Crippen molar-refractivity contribution in [2.24, 2.45) is 0 Å². The maximum absolute atomic E-state index is 13.3. The highest BCUT2D eigenvalue weighted by Gasteiger charge is 2.24. The first-order valence-corrected chi connectivity index (χ1v) is 16.3. The minimum absolute atomic E-state index is 0.00527. The predicted molar refractivity (Wildman–Crippen MR) is 180 cm³/mol. The van der Waals surface area contributed by atoms with Crippen LogP contribution in [0.3, 0.4) is 0 Å². The summed E-state index contributed by atoms with van der Waals surface area (Å²) in [7, 11) is 0. The zero-order valence-electron chi connectivity index (χ0n) is 26.2. The molecule has 2 heterocycles. The third-order valence-corrected chi connectivity index (χ3v) is 8.70. The van der Waals surface area contributed by atoms with Gasteiger partial charge in [0, 0.05) is 68.4 Å². The monoisotopic (exact) mass is 619 g/mol. The Labute approximate surface area is 269 Å². The van der Waals surface area contributed by atoms with Crippen LogP contribution in [0, 0.1) is 11.3 Å². The Morgan fingerprint density at radius 2 is 1.50 bits per heavy atom. The van der Waals surface area contributed by atoms with Gasteiger partial charge >= 0.3 is 5.97 Å². The zero-order chi connectivity index (χ0) is 32.3. The van der Waals surface area contributed by atoms with Crippen LogP contribution in [-0.2, 0) is 16.0 Å². The van der Waals surface area contributed by atoms with Gasteiger partial charge in [-0.2, -0.15) is 5.26 Å². The molecule has 46 heavy (non-hydrogen) atoms. The molecule has 0 unspecified atom stereocenters. The van der Waals surface area contributed by atoms with Gasteiger partial charge in [0.1, 0.15) is 0 Å². The summed E-state index contributed by atoms with van der Waals surface area (Å²) in [5.41, 5.74) is 4.25. The molecule has 1 aromatic heterocycles. The van der Waals surface area contributed by atoms with Crippen LogP contribution in [0.25, 0.3) is 21.7 Å². The van der Waals surface area contributed by atoms with Crippen molar-refractivity contribution in [1.29, 1.82) is 5.26 Å². The Morgan fingerprint density at radius 1 is 0.804 bits per heavy atom. The van der Waals surface area contributed by atoms with Gasteiger partial charge in [0.2, 0.25) is 5.91 Å². The number of pyridine rings is 1. The highest BCUT2D eigenvalue weighted by atomic mass is 16.4. The highest BCUT2D eigenvalue weighted by Crippen LogP contribution is 2.24. The number of hydrogen-bond donors (Lipinski definition) is 2. The fourth-order valence-corrected chi connectivity index (χ4v) is 6.05. The maximum Gasteiger partial charge on any atom is 0.303 e. The Morgan fingerprint density at radius 3 is 2.26 bits per heavy atom. The van der Waals surface area contributed by atoms with Crippen LogP contribution >= 0.6 is 0 Å². The number of carboxylic acids is 1. The quantitative estimate of drug-likeness (QED) is 0.156. The molecule has 1 fully saturated rings. The summed E-state index contributed by atoms with van der Waals surface area (Å²) in [6, 6.07) is 21.8. The number of nitriles is 1. The number of carbonyl (C=O) groups excluding carboxylic acids is 2. The van der Waals surface area contributed by atoms with E-state index in [9.17, 15) is 19.6 Å². The third kappa shape index (κ3) is 8.60. The minimum Gasteiger partial charge on any atom is -0.481 e. The van der Waals surface area contributed by atoms with Gasteiger partial charge in [0.15, 0.2) is 0 Å². The molecule has 0 spiro atoms. The van der Waals surface area contributed by atoms with E-state index in [1.807, 2.05) is 46.2 Å². The first-order chi connectivity index (χ1) is 22.4. The average Bonchev–Trinajstić information content (AvgIpc) is 3.08. The van der Waals surface area contributed by atoms with Crippen LogP contribution in [0.4, 0.5) is 5.69 Å². The van der Waals surface area contributed by atoms with Gasteiger partial charge in [0.25, 0.3) is 5.91 Å². The van der Waals surface area contributed by atoms with Crippen LogP contribution in [0.1, 0.15) is 72.9 Å². The molecule has 1 aliphatic rings. The summed E-state index contributed by atoms with van der Waals surface area (Å²) in [4.78, 5) is 44.7. The topological polar surface area (TPSA) is 127 Å². The Balaban J connectivity index is 1.07. The largest absolute Gasteiger partial charge is 0.481 e. The number of fused-ring (bicyclic) bond motifs is 2. The summed E-state index contributed by atoms with van der Waals surface area (Å²) in [6.07, 6.45) is 8.83. The number of aromatic nitrogens is 1. The number of carbonyl (C=O) groups is 3. The number of rotatable bonds is 14. The normalized spacial score (nSPS) is 13.1. The van der Waals surface area contributed by atoms with Crippen molar-refractivity contribution in [1.82, 2.24) is 14.8 Å². The van der Waals surface area contributed by atoms with Crippen molar-refractivity contribution in [2.45, 2.75) is 57.8 Å². The first kappa shape index (κ1) is 32.4. The summed E-state index contributed by atoms with van der Waals surface area (Å²) in [5.74, 6) is -0.597. The number of aliphatic carboxylic acids is 1. The van der Waals surface area contributed by atoms with Crippen molar-refractivity contribution >= 4 is 45.1 Å². The van der Waals surface area contributed by atoms with Crippen LogP contribution in [-0.4, -0.2) is 70.4 Å². The lowest BCUT2D eigenvalue weighted by molar-refractivity contribution is -0.137. The average molecular weight is 620 g/mol. The summed E-state index contributed by atoms with van der Waals surface area (Å²) in [5, 5.41) is 24.5. The predicted octanol–water partition coefficient (Wildman–Crippen LogP) is 6.40.